The van der Waals surface area contributed by atoms with Crippen molar-refractivity contribution in [2.24, 2.45) is 0 Å². The van der Waals surface area contributed by atoms with Crippen LogP contribution in [0.3, 0.4) is 0 Å². The number of benzene rings is 2. The molecule has 0 unspecified atom stereocenters. The molecule has 1 amide bonds. The van der Waals surface area contributed by atoms with E-state index in [0.717, 1.165) is 6.07 Å². The number of anilines is 1. The molecule has 0 bridgehead atoms. The number of aromatic nitrogens is 1. The highest BCUT2D eigenvalue weighted by Gasteiger charge is 2.19. The number of carbonyl (C=O) groups is 1. The molecule has 2 aromatic carbocycles. The lowest BCUT2D eigenvalue weighted by Gasteiger charge is -2.13. The van der Waals surface area contributed by atoms with Crippen LogP contribution >= 0.6 is 0 Å². The number of para-hydroxylation sites is 2. The van der Waals surface area contributed by atoms with Crippen LogP contribution in [0.5, 0.6) is 5.75 Å². The number of ether oxygens (including phenoxy) is 1. The van der Waals surface area contributed by atoms with E-state index in [-0.39, 0.29) is 28.1 Å². The van der Waals surface area contributed by atoms with Crippen LogP contribution in [0.15, 0.2) is 81.0 Å². The number of methoxy groups -OCH3 is 1. The Morgan fingerprint density at radius 2 is 1.91 bits per heavy atom. The lowest BCUT2D eigenvalue weighted by molar-refractivity contribution is 0.0949. The van der Waals surface area contributed by atoms with E-state index in [4.69, 9.17) is 9.15 Å². The first kappa shape index (κ1) is 21.2. The third-order valence-corrected chi connectivity index (χ3v) is 6.09. The Kier molecular flexibility index (Phi) is 5.69. The van der Waals surface area contributed by atoms with Crippen LogP contribution < -0.4 is 20.3 Å². The number of nitrogens with one attached hydrogen (secondary N) is 3. The van der Waals surface area contributed by atoms with Gasteiger partial charge in [-0.1, -0.05) is 12.1 Å². The summed E-state index contributed by atoms with van der Waals surface area (Å²) in [5.74, 6) is 0.362. The maximum atomic E-state index is 13.0. The summed E-state index contributed by atoms with van der Waals surface area (Å²) in [5, 5.41) is 2.95. The first-order valence-corrected chi connectivity index (χ1v) is 11.0. The number of sulfonamides is 1. The number of carbonyl (C=O) groups excluding carboxylic acids is 1. The van der Waals surface area contributed by atoms with E-state index < -0.39 is 21.5 Å². The van der Waals surface area contributed by atoms with Crippen molar-refractivity contribution in [2.45, 2.75) is 11.4 Å². The van der Waals surface area contributed by atoms with Gasteiger partial charge >= 0.3 is 0 Å². The molecule has 2 aromatic heterocycles. The lowest BCUT2D eigenvalue weighted by Crippen LogP contribution is -2.24. The van der Waals surface area contributed by atoms with Crippen LogP contribution in [-0.2, 0) is 16.6 Å². The van der Waals surface area contributed by atoms with E-state index in [1.165, 1.54) is 31.6 Å². The Hall–Kier alpha value is -4.05. The molecule has 0 aliphatic rings. The molecule has 0 aliphatic carbocycles. The molecular formula is C22H19N3O6S. The Balaban J connectivity index is 1.71. The number of aromatic amines is 1. The number of furan rings is 1. The van der Waals surface area contributed by atoms with Crippen LogP contribution in [0.4, 0.5) is 5.69 Å². The van der Waals surface area contributed by atoms with Gasteiger partial charge in [-0.15, -0.1) is 0 Å². The SMILES string of the molecule is COc1ccccc1NS(=O)(=O)c1ccc2[nH]c(=O)cc(C(=O)NCc3ccco3)c2c1. The molecule has 0 radical (unpaired) electrons. The smallest absolute Gasteiger partial charge is 0.262 e. The number of hydrogen-bond donors (Lipinski definition) is 3. The summed E-state index contributed by atoms with van der Waals surface area (Å²) in [5.41, 5.74) is 0.165. The van der Waals surface area contributed by atoms with Gasteiger partial charge in [0.25, 0.3) is 15.9 Å². The maximum Gasteiger partial charge on any atom is 0.262 e. The average molecular weight is 453 g/mol. The molecule has 0 atom stereocenters. The lowest BCUT2D eigenvalue weighted by atomic mass is 10.1. The maximum absolute atomic E-state index is 13.0. The first-order chi connectivity index (χ1) is 15.4. The number of hydrogen-bond acceptors (Lipinski definition) is 6. The Labute approximate surface area is 183 Å². The van der Waals surface area contributed by atoms with Gasteiger partial charge in [0.05, 0.1) is 36.1 Å². The fourth-order valence-corrected chi connectivity index (χ4v) is 4.29. The fraction of sp³-hybridized carbons (Fsp3) is 0.0909. The van der Waals surface area contributed by atoms with Gasteiger partial charge < -0.3 is 19.5 Å². The minimum atomic E-state index is -4.01. The van der Waals surface area contributed by atoms with Crippen LogP contribution in [0.25, 0.3) is 10.9 Å². The highest BCUT2D eigenvalue weighted by atomic mass is 32.2. The molecular weight excluding hydrogens is 434 g/mol. The molecule has 0 fully saturated rings. The van der Waals surface area contributed by atoms with Gasteiger partial charge in [0, 0.05) is 17.0 Å². The summed E-state index contributed by atoms with van der Waals surface area (Å²) in [4.78, 5) is 27.3. The fourth-order valence-electron chi connectivity index (χ4n) is 3.20. The number of fused-ring (bicyclic) bond motifs is 1. The second kappa shape index (κ2) is 8.60. The predicted octanol–water partition coefficient (Wildman–Crippen LogP) is 2.86. The molecule has 0 spiro atoms. The van der Waals surface area contributed by atoms with E-state index >= 15 is 0 Å². The molecule has 0 aliphatic heterocycles. The van der Waals surface area contributed by atoms with Crippen LogP contribution in [0, 0.1) is 0 Å². The van der Waals surface area contributed by atoms with E-state index in [0.29, 0.717) is 17.0 Å². The minimum absolute atomic E-state index is 0.0460. The summed E-state index contributed by atoms with van der Waals surface area (Å²) < 4.78 is 38.8. The van der Waals surface area contributed by atoms with Gasteiger partial charge in [-0.2, -0.15) is 0 Å². The Morgan fingerprint density at radius 1 is 1.09 bits per heavy atom. The molecule has 0 saturated carbocycles. The molecule has 32 heavy (non-hydrogen) atoms. The Morgan fingerprint density at radius 3 is 2.66 bits per heavy atom. The molecule has 10 heteroatoms. The average Bonchev–Trinajstić information content (AvgIpc) is 3.30. The van der Waals surface area contributed by atoms with Crippen LogP contribution in [0.1, 0.15) is 16.1 Å². The molecule has 0 saturated heterocycles. The molecule has 164 valence electrons. The van der Waals surface area contributed by atoms with Crippen LogP contribution in [0.2, 0.25) is 0 Å². The monoisotopic (exact) mass is 453 g/mol. The predicted molar refractivity (Wildman–Crippen MR) is 118 cm³/mol. The van der Waals surface area contributed by atoms with E-state index in [1.54, 1.807) is 36.4 Å². The van der Waals surface area contributed by atoms with E-state index in [1.807, 2.05) is 0 Å². The van der Waals surface area contributed by atoms with Crippen molar-refractivity contribution in [3.63, 3.8) is 0 Å². The van der Waals surface area contributed by atoms with Crippen molar-refractivity contribution in [1.29, 1.82) is 0 Å². The van der Waals surface area contributed by atoms with Gasteiger partial charge in [0.15, 0.2) is 0 Å². The summed E-state index contributed by atoms with van der Waals surface area (Å²) in [6.07, 6.45) is 1.48. The van der Waals surface area contributed by atoms with Gasteiger partial charge in [-0.3, -0.25) is 14.3 Å². The normalized spacial score (nSPS) is 11.3. The molecule has 3 N–H and O–H groups in total. The first-order valence-electron chi connectivity index (χ1n) is 9.51. The van der Waals surface area contributed by atoms with Gasteiger partial charge in [-0.05, 0) is 42.5 Å². The second-order valence-electron chi connectivity index (χ2n) is 6.82. The van der Waals surface area contributed by atoms with Gasteiger partial charge in [0.1, 0.15) is 11.5 Å². The highest BCUT2D eigenvalue weighted by Crippen LogP contribution is 2.27. The topological polar surface area (TPSA) is 130 Å². The van der Waals surface area contributed by atoms with E-state index in [2.05, 4.69) is 15.0 Å². The standard InChI is InChI=1S/C22H19N3O6S/c1-30-20-7-3-2-6-19(20)25-32(28,29)15-8-9-18-16(11-15)17(12-21(26)24-18)22(27)23-13-14-5-4-10-31-14/h2-12,25H,13H2,1H3,(H,23,27)(H,24,26). The van der Waals surface area contributed by atoms with Gasteiger partial charge in [0.2, 0.25) is 5.56 Å². The zero-order chi connectivity index (χ0) is 22.7. The second-order valence-corrected chi connectivity index (χ2v) is 8.50. The van der Waals surface area contributed by atoms with Crippen LogP contribution in [-0.4, -0.2) is 26.4 Å². The Bertz CT molecular complexity index is 1440. The minimum Gasteiger partial charge on any atom is -0.495 e. The highest BCUT2D eigenvalue weighted by molar-refractivity contribution is 7.92. The molecule has 4 rings (SSSR count). The quantitative estimate of drug-likeness (QED) is 0.394. The molecule has 9 nitrogen and oxygen atoms in total. The third kappa shape index (κ3) is 4.35. The summed E-state index contributed by atoms with van der Waals surface area (Å²) in [7, 11) is -2.57. The van der Waals surface area contributed by atoms with Crippen molar-refractivity contribution < 1.29 is 22.4 Å². The number of H-pyrrole nitrogens is 1. The number of pyridine rings is 1. The van der Waals surface area contributed by atoms with Crippen molar-refractivity contribution in [1.82, 2.24) is 10.3 Å². The summed E-state index contributed by atoms with van der Waals surface area (Å²) >= 11 is 0. The molecule has 4 aromatic rings. The summed E-state index contributed by atoms with van der Waals surface area (Å²) in [6.45, 7) is 0.119. The number of amides is 1. The van der Waals surface area contributed by atoms with Crippen molar-refractivity contribution in [3.8, 4) is 5.75 Å². The number of rotatable bonds is 7. The summed E-state index contributed by atoms with van der Waals surface area (Å²) in [6, 6.07) is 15.2. The molecule has 2 heterocycles. The van der Waals surface area contributed by atoms with Gasteiger partial charge in [-0.25, -0.2) is 8.42 Å². The van der Waals surface area contributed by atoms with Crippen molar-refractivity contribution in [3.05, 3.63) is 88.6 Å². The zero-order valence-corrected chi connectivity index (χ0v) is 17.7. The van der Waals surface area contributed by atoms with Crippen molar-refractivity contribution in [2.75, 3.05) is 11.8 Å². The third-order valence-electron chi connectivity index (χ3n) is 4.72. The largest absolute Gasteiger partial charge is 0.495 e. The van der Waals surface area contributed by atoms with Crippen molar-refractivity contribution >= 4 is 32.5 Å². The zero-order valence-electron chi connectivity index (χ0n) is 16.9. The van der Waals surface area contributed by atoms with E-state index in [9.17, 15) is 18.0 Å².